The van der Waals surface area contributed by atoms with Gasteiger partial charge in [0, 0.05) is 35.4 Å². The second kappa shape index (κ2) is 7.04. The van der Waals surface area contributed by atoms with Gasteiger partial charge in [0.15, 0.2) is 6.17 Å². The van der Waals surface area contributed by atoms with Crippen LogP contribution in [0.5, 0.6) is 0 Å². The smallest absolute Gasteiger partial charge is 0.326 e. The van der Waals surface area contributed by atoms with E-state index in [9.17, 15) is 18.0 Å². The summed E-state index contributed by atoms with van der Waals surface area (Å²) in [6.07, 6.45) is -2.07. The number of aromatic nitrogens is 3. The van der Waals surface area contributed by atoms with Crippen LogP contribution in [0.15, 0.2) is 64.6 Å². The zero-order chi connectivity index (χ0) is 20.6. The van der Waals surface area contributed by atoms with Crippen LogP contribution in [0.4, 0.5) is 24.8 Å². The van der Waals surface area contributed by atoms with Crippen LogP contribution in [-0.4, -0.2) is 20.5 Å². The molecule has 0 saturated carbocycles. The molecule has 0 saturated heterocycles. The van der Waals surface area contributed by atoms with Crippen LogP contribution in [0.1, 0.15) is 23.0 Å². The quantitative estimate of drug-likeness (QED) is 0.689. The van der Waals surface area contributed by atoms with E-state index in [2.05, 4.69) is 25.6 Å². The van der Waals surface area contributed by atoms with Gasteiger partial charge in [0.05, 0.1) is 5.56 Å². The minimum atomic E-state index is -4.46. The summed E-state index contributed by atoms with van der Waals surface area (Å²) in [5.74, 6) is 0.393. The van der Waals surface area contributed by atoms with Gasteiger partial charge in [-0.15, -0.1) is 0 Å². The van der Waals surface area contributed by atoms with Crippen molar-refractivity contribution >= 4 is 17.6 Å². The molecule has 1 atom stereocenters. The van der Waals surface area contributed by atoms with Crippen molar-refractivity contribution in [2.45, 2.75) is 19.3 Å². The SMILES string of the molecule is Cc1cc(=O)n2c(n1)NC(Nc1cccc(C(F)(F)F)c1)=N[C@H]2c1cccnc1. The Hall–Kier alpha value is -3.69. The highest BCUT2D eigenvalue weighted by Gasteiger charge is 2.31. The van der Waals surface area contributed by atoms with Crippen LogP contribution in [0.2, 0.25) is 0 Å². The molecule has 0 unspecified atom stereocenters. The number of aliphatic imine (C=N–C) groups is 1. The number of alkyl halides is 3. The molecule has 0 radical (unpaired) electrons. The van der Waals surface area contributed by atoms with Gasteiger partial charge in [-0.25, -0.2) is 9.98 Å². The molecule has 0 fully saturated rings. The maximum absolute atomic E-state index is 13.0. The third kappa shape index (κ3) is 3.82. The zero-order valence-electron chi connectivity index (χ0n) is 15.1. The van der Waals surface area contributed by atoms with E-state index in [0.717, 1.165) is 12.1 Å². The van der Waals surface area contributed by atoms with E-state index >= 15 is 0 Å². The highest BCUT2D eigenvalue weighted by atomic mass is 19.4. The van der Waals surface area contributed by atoms with Crippen LogP contribution >= 0.6 is 0 Å². The van der Waals surface area contributed by atoms with Gasteiger partial charge in [-0.05, 0) is 31.2 Å². The zero-order valence-corrected chi connectivity index (χ0v) is 15.1. The van der Waals surface area contributed by atoms with E-state index in [1.54, 1.807) is 31.5 Å². The lowest BCUT2D eigenvalue weighted by molar-refractivity contribution is -0.137. The van der Waals surface area contributed by atoms with Gasteiger partial charge < -0.3 is 5.32 Å². The number of rotatable bonds is 2. The molecule has 2 aromatic heterocycles. The first-order valence-electron chi connectivity index (χ1n) is 8.60. The summed E-state index contributed by atoms with van der Waals surface area (Å²) < 4.78 is 40.3. The van der Waals surface area contributed by atoms with Crippen LogP contribution < -0.4 is 16.2 Å². The first kappa shape index (κ1) is 18.7. The Kier molecular flexibility index (Phi) is 4.53. The Morgan fingerprint density at radius 1 is 1.17 bits per heavy atom. The molecule has 0 spiro atoms. The number of benzene rings is 1. The standard InChI is InChI=1S/C19H15F3N6O/c1-11-8-15(29)28-16(12-4-3-7-23-10-12)26-17(27-18(28)24-11)25-14-6-2-5-13(9-14)19(20,21)22/h2-10,16H,1H3,(H2,24,25,26,27)/t16-/m1/s1. The van der Waals surface area contributed by atoms with Gasteiger partial charge in [-0.2, -0.15) is 13.2 Å². The minimum absolute atomic E-state index is 0.163. The van der Waals surface area contributed by atoms with Crippen LogP contribution in [0.3, 0.4) is 0 Å². The summed E-state index contributed by atoms with van der Waals surface area (Å²) in [5.41, 5.74) is 0.230. The van der Waals surface area contributed by atoms with Crippen molar-refractivity contribution in [3.8, 4) is 0 Å². The number of halogens is 3. The maximum atomic E-state index is 13.0. The number of hydrogen-bond donors (Lipinski definition) is 2. The molecular weight excluding hydrogens is 385 g/mol. The first-order valence-corrected chi connectivity index (χ1v) is 8.60. The summed E-state index contributed by atoms with van der Waals surface area (Å²) in [4.78, 5) is 25.4. The number of guanidine groups is 1. The fraction of sp³-hybridized carbons (Fsp3) is 0.158. The topological polar surface area (TPSA) is 84.2 Å². The van der Waals surface area contributed by atoms with E-state index in [0.29, 0.717) is 11.3 Å². The normalized spacial score (nSPS) is 15.9. The molecule has 1 aromatic carbocycles. The highest BCUT2D eigenvalue weighted by molar-refractivity contribution is 6.03. The molecule has 1 aliphatic rings. The minimum Gasteiger partial charge on any atom is -0.326 e. The van der Waals surface area contributed by atoms with Gasteiger partial charge in [0.1, 0.15) is 0 Å². The molecule has 7 nitrogen and oxygen atoms in total. The molecule has 10 heteroatoms. The third-order valence-corrected chi connectivity index (χ3v) is 4.24. The van der Waals surface area contributed by atoms with Crippen molar-refractivity contribution in [1.29, 1.82) is 0 Å². The van der Waals surface area contributed by atoms with Crippen molar-refractivity contribution in [2.75, 3.05) is 10.6 Å². The Bertz CT molecular complexity index is 1140. The molecule has 29 heavy (non-hydrogen) atoms. The number of anilines is 2. The number of aryl methyl sites for hydroxylation is 1. The van der Waals surface area contributed by atoms with Crippen LogP contribution in [-0.2, 0) is 6.18 Å². The lowest BCUT2D eigenvalue weighted by Gasteiger charge is -2.27. The maximum Gasteiger partial charge on any atom is 0.416 e. The van der Waals surface area contributed by atoms with Crippen molar-refractivity contribution in [1.82, 2.24) is 14.5 Å². The average Bonchev–Trinajstić information content (AvgIpc) is 2.67. The highest BCUT2D eigenvalue weighted by Crippen LogP contribution is 2.31. The number of nitrogens with one attached hydrogen (secondary N) is 2. The van der Waals surface area contributed by atoms with Crippen molar-refractivity contribution in [3.05, 3.63) is 82.0 Å². The van der Waals surface area contributed by atoms with E-state index in [1.165, 1.54) is 22.8 Å². The molecule has 1 aliphatic heterocycles. The average molecular weight is 400 g/mol. The number of nitrogens with zero attached hydrogens (tertiary/aromatic N) is 4. The van der Waals surface area contributed by atoms with E-state index in [1.807, 2.05) is 0 Å². The molecule has 3 heterocycles. The van der Waals surface area contributed by atoms with Crippen LogP contribution in [0.25, 0.3) is 0 Å². The summed E-state index contributed by atoms with van der Waals surface area (Å²) in [6.45, 7) is 1.68. The molecule has 4 rings (SSSR count). The van der Waals surface area contributed by atoms with Gasteiger partial charge in [-0.1, -0.05) is 12.1 Å². The first-order chi connectivity index (χ1) is 13.8. The van der Waals surface area contributed by atoms with E-state index in [-0.39, 0.29) is 23.2 Å². The Labute approximate surface area is 163 Å². The molecule has 2 N–H and O–H groups in total. The lowest BCUT2D eigenvalue weighted by atomic mass is 10.2. The number of fused-ring (bicyclic) bond motifs is 1. The van der Waals surface area contributed by atoms with Gasteiger partial charge in [0.25, 0.3) is 5.56 Å². The van der Waals surface area contributed by atoms with Gasteiger partial charge >= 0.3 is 6.18 Å². The summed E-state index contributed by atoms with van der Waals surface area (Å²) >= 11 is 0. The summed E-state index contributed by atoms with van der Waals surface area (Å²) in [7, 11) is 0. The summed E-state index contributed by atoms with van der Waals surface area (Å²) in [6, 6.07) is 9.60. The lowest BCUT2D eigenvalue weighted by Crippen LogP contribution is -2.37. The van der Waals surface area contributed by atoms with E-state index in [4.69, 9.17) is 0 Å². The summed E-state index contributed by atoms with van der Waals surface area (Å²) in [5, 5.41) is 5.71. The number of pyridine rings is 1. The molecule has 0 amide bonds. The second-order valence-electron chi connectivity index (χ2n) is 6.40. The largest absolute Gasteiger partial charge is 0.416 e. The van der Waals surface area contributed by atoms with Crippen molar-refractivity contribution < 1.29 is 13.2 Å². The van der Waals surface area contributed by atoms with Gasteiger partial charge in [-0.3, -0.25) is 19.7 Å². The Balaban J connectivity index is 1.75. The molecule has 0 aliphatic carbocycles. The van der Waals surface area contributed by atoms with Crippen LogP contribution in [0, 0.1) is 6.92 Å². The molecule has 0 bridgehead atoms. The fourth-order valence-electron chi connectivity index (χ4n) is 2.97. The second-order valence-corrected chi connectivity index (χ2v) is 6.40. The molecule has 3 aromatic rings. The molecule has 148 valence electrons. The Morgan fingerprint density at radius 2 is 2.00 bits per heavy atom. The third-order valence-electron chi connectivity index (χ3n) is 4.24. The predicted octanol–water partition coefficient (Wildman–Crippen LogP) is 3.41. The molecular formula is C19H15F3N6O. The Morgan fingerprint density at radius 3 is 2.72 bits per heavy atom. The van der Waals surface area contributed by atoms with Gasteiger partial charge in [0.2, 0.25) is 11.9 Å². The monoisotopic (exact) mass is 400 g/mol. The van der Waals surface area contributed by atoms with E-state index < -0.39 is 17.9 Å². The predicted molar refractivity (Wildman–Crippen MR) is 102 cm³/mol. The fourth-order valence-corrected chi connectivity index (χ4v) is 2.97. The number of hydrogen-bond acceptors (Lipinski definition) is 6. The van der Waals surface area contributed by atoms with Crippen molar-refractivity contribution in [3.63, 3.8) is 0 Å². The van der Waals surface area contributed by atoms with Crippen molar-refractivity contribution in [2.24, 2.45) is 4.99 Å².